The molecule has 4 heteroatoms. The van der Waals surface area contributed by atoms with Crippen molar-refractivity contribution in [1.82, 2.24) is 0 Å². The molecule has 1 radical (unpaired) electrons. The predicted molar refractivity (Wildman–Crippen MR) is 110 cm³/mol. The van der Waals surface area contributed by atoms with E-state index in [4.69, 9.17) is 5.73 Å². The zero-order valence-corrected chi connectivity index (χ0v) is 17.2. The fourth-order valence-electron chi connectivity index (χ4n) is 3.00. The lowest BCUT2D eigenvalue weighted by molar-refractivity contribution is -0.137. The van der Waals surface area contributed by atoms with Gasteiger partial charge in [0.2, 0.25) is 0 Å². The van der Waals surface area contributed by atoms with Crippen LogP contribution in [0, 0.1) is 0 Å². The molecular weight excluding hydrogens is 330 g/mol. The Kier molecular flexibility index (Phi) is 19.2. The lowest BCUT2D eigenvalue weighted by Crippen LogP contribution is -1.98. The summed E-state index contributed by atoms with van der Waals surface area (Å²) in [6, 6.07) is 0. The van der Waals surface area contributed by atoms with Gasteiger partial charge in [0.15, 0.2) is 0 Å². The van der Waals surface area contributed by atoms with Crippen molar-refractivity contribution in [3.63, 3.8) is 0 Å². The van der Waals surface area contributed by atoms with E-state index in [-0.39, 0.29) is 0 Å². The van der Waals surface area contributed by atoms with Crippen LogP contribution in [0.4, 0.5) is 0 Å². The molecule has 0 aromatic rings. The van der Waals surface area contributed by atoms with E-state index in [2.05, 4.69) is 6.92 Å². The number of carbonyl (C=O) groups excluding carboxylic acids is 1. The molecule has 2 N–H and O–H groups in total. The molecule has 0 aromatic carbocycles. The van der Waals surface area contributed by atoms with Crippen molar-refractivity contribution in [2.75, 3.05) is 5.75 Å². The Bertz CT molecular complexity index is 332. The van der Waals surface area contributed by atoms with Crippen molar-refractivity contribution >= 4 is 17.7 Å². The average molecular weight is 371 g/mol. The third kappa shape index (κ3) is 21.3. The van der Waals surface area contributed by atoms with Crippen molar-refractivity contribution in [3.8, 4) is 0 Å². The SMILES string of the molecule is CCCCCCCCCCCCCCCCCCSC(N)=CC([O])=O. The largest absolute Gasteiger partial charge is 0.393 e. The van der Waals surface area contributed by atoms with Gasteiger partial charge >= 0.3 is 5.97 Å². The van der Waals surface area contributed by atoms with E-state index in [1.54, 1.807) is 0 Å². The first-order valence-electron chi connectivity index (χ1n) is 10.5. The molecule has 0 unspecified atom stereocenters. The second kappa shape index (κ2) is 19.7. The van der Waals surface area contributed by atoms with E-state index < -0.39 is 5.97 Å². The first kappa shape index (κ1) is 24.4. The zero-order chi connectivity index (χ0) is 18.6. The van der Waals surface area contributed by atoms with Gasteiger partial charge in [0.05, 0.1) is 11.1 Å². The van der Waals surface area contributed by atoms with Gasteiger partial charge in [-0.1, -0.05) is 103 Å². The summed E-state index contributed by atoms with van der Waals surface area (Å²) >= 11 is 1.41. The summed E-state index contributed by atoms with van der Waals surface area (Å²) in [6.45, 7) is 2.27. The highest BCUT2D eigenvalue weighted by molar-refractivity contribution is 8.03. The first-order chi connectivity index (χ1) is 12.2. The average Bonchev–Trinajstić information content (AvgIpc) is 2.57. The molecule has 0 spiro atoms. The topological polar surface area (TPSA) is 63.0 Å². The minimum atomic E-state index is -1.21. The van der Waals surface area contributed by atoms with Crippen molar-refractivity contribution in [3.05, 3.63) is 11.1 Å². The molecule has 0 aliphatic rings. The lowest BCUT2D eigenvalue weighted by Gasteiger charge is -2.04. The summed E-state index contributed by atoms with van der Waals surface area (Å²) in [7, 11) is 0. The monoisotopic (exact) mass is 370 g/mol. The summed E-state index contributed by atoms with van der Waals surface area (Å²) in [5.74, 6) is -0.314. The molecule has 0 atom stereocenters. The first-order valence-corrected chi connectivity index (χ1v) is 11.5. The number of nitrogens with two attached hydrogens (primary N) is 1. The normalized spacial score (nSPS) is 11.8. The molecule has 147 valence electrons. The minimum Gasteiger partial charge on any atom is -0.393 e. The number of carbonyl (C=O) groups is 1. The van der Waals surface area contributed by atoms with Crippen molar-refractivity contribution in [1.29, 1.82) is 0 Å². The summed E-state index contributed by atoms with van der Waals surface area (Å²) in [5.41, 5.74) is 5.54. The Balaban J connectivity index is 3.11. The second-order valence-corrected chi connectivity index (χ2v) is 8.19. The molecule has 0 rings (SSSR count). The van der Waals surface area contributed by atoms with Gasteiger partial charge in [0.25, 0.3) is 0 Å². The van der Waals surface area contributed by atoms with Crippen LogP contribution >= 0.6 is 11.8 Å². The minimum absolute atomic E-state index is 0.348. The number of hydrogen-bond donors (Lipinski definition) is 1. The molecule has 0 saturated carbocycles. The third-order valence-electron chi connectivity index (χ3n) is 4.53. The maximum Gasteiger partial charge on any atom is 0.381 e. The number of hydrogen-bond acceptors (Lipinski definition) is 3. The maximum atomic E-state index is 10.3. The van der Waals surface area contributed by atoms with Gasteiger partial charge in [-0.05, 0) is 12.2 Å². The Labute approximate surface area is 160 Å². The Morgan fingerprint density at radius 3 is 1.44 bits per heavy atom. The Morgan fingerprint density at radius 2 is 1.08 bits per heavy atom. The standard InChI is InChI=1S/C21H40NO2S/c1-2-3-4-5-6-7-8-9-10-11-12-13-14-15-16-17-18-25-20(22)19-21(23)24/h19H,2-18,22H2,1H3. The molecule has 0 amide bonds. The van der Waals surface area contributed by atoms with E-state index in [0.717, 1.165) is 18.2 Å². The smallest absolute Gasteiger partial charge is 0.381 e. The molecule has 0 heterocycles. The van der Waals surface area contributed by atoms with Crippen LogP contribution in [0.25, 0.3) is 0 Å². The van der Waals surface area contributed by atoms with Crippen LogP contribution in [0.2, 0.25) is 0 Å². The lowest BCUT2D eigenvalue weighted by atomic mass is 10.0. The van der Waals surface area contributed by atoms with Crippen molar-refractivity contribution in [2.24, 2.45) is 5.73 Å². The Hall–Kier alpha value is -0.640. The molecule has 0 bridgehead atoms. The molecule has 25 heavy (non-hydrogen) atoms. The molecule has 3 nitrogen and oxygen atoms in total. The van der Waals surface area contributed by atoms with Crippen LogP contribution in [0.1, 0.15) is 110 Å². The summed E-state index contributed by atoms with van der Waals surface area (Å²) in [6.07, 6.45) is 22.8. The fourth-order valence-corrected chi connectivity index (χ4v) is 3.76. The van der Waals surface area contributed by atoms with Crippen LogP contribution in [-0.4, -0.2) is 11.7 Å². The van der Waals surface area contributed by atoms with Crippen LogP contribution in [0.15, 0.2) is 11.1 Å². The number of thioether (sulfide) groups is 1. The van der Waals surface area contributed by atoms with E-state index in [0.29, 0.717) is 5.03 Å². The maximum absolute atomic E-state index is 10.3. The van der Waals surface area contributed by atoms with E-state index in [1.165, 1.54) is 108 Å². The fraction of sp³-hybridized carbons (Fsp3) is 0.857. The highest BCUT2D eigenvalue weighted by Crippen LogP contribution is 2.16. The van der Waals surface area contributed by atoms with Gasteiger partial charge in [-0.15, -0.1) is 11.8 Å². The highest BCUT2D eigenvalue weighted by Gasteiger charge is 1.98. The zero-order valence-electron chi connectivity index (χ0n) is 16.4. The van der Waals surface area contributed by atoms with Gasteiger partial charge in [-0.2, -0.15) is 0 Å². The molecular formula is C21H40NO2S. The van der Waals surface area contributed by atoms with Gasteiger partial charge in [-0.3, -0.25) is 0 Å². The molecule has 0 fully saturated rings. The van der Waals surface area contributed by atoms with Crippen LogP contribution < -0.4 is 5.73 Å². The number of unbranched alkanes of at least 4 members (excludes halogenated alkanes) is 15. The molecule has 0 aliphatic heterocycles. The van der Waals surface area contributed by atoms with Gasteiger partial charge < -0.3 is 5.73 Å². The van der Waals surface area contributed by atoms with Crippen LogP contribution in [0.3, 0.4) is 0 Å². The Morgan fingerprint density at radius 1 is 0.720 bits per heavy atom. The molecule has 0 aromatic heterocycles. The van der Waals surface area contributed by atoms with E-state index in [9.17, 15) is 9.90 Å². The molecule has 0 aliphatic carbocycles. The van der Waals surface area contributed by atoms with Crippen molar-refractivity contribution < 1.29 is 9.90 Å². The third-order valence-corrected chi connectivity index (χ3v) is 5.47. The molecule has 0 saturated heterocycles. The summed E-state index contributed by atoms with van der Waals surface area (Å²) < 4.78 is 0. The van der Waals surface area contributed by atoms with E-state index in [1.807, 2.05) is 0 Å². The van der Waals surface area contributed by atoms with Crippen LogP contribution in [-0.2, 0) is 9.90 Å². The summed E-state index contributed by atoms with van der Waals surface area (Å²) in [5, 5.41) is 10.7. The van der Waals surface area contributed by atoms with Gasteiger partial charge in [0, 0.05) is 0 Å². The number of rotatable bonds is 19. The quantitative estimate of drug-likeness (QED) is 0.202. The van der Waals surface area contributed by atoms with E-state index >= 15 is 0 Å². The van der Waals surface area contributed by atoms with Crippen molar-refractivity contribution in [2.45, 2.75) is 110 Å². The predicted octanol–water partition coefficient (Wildman–Crippen LogP) is 6.74. The highest BCUT2D eigenvalue weighted by atomic mass is 32.2. The van der Waals surface area contributed by atoms with Gasteiger partial charge in [0.1, 0.15) is 0 Å². The summed E-state index contributed by atoms with van der Waals surface area (Å²) in [4.78, 5) is 10.3. The van der Waals surface area contributed by atoms with Crippen LogP contribution in [0.5, 0.6) is 0 Å². The second-order valence-electron chi connectivity index (χ2n) is 7.02. The van der Waals surface area contributed by atoms with Gasteiger partial charge in [-0.25, -0.2) is 9.90 Å².